The predicted octanol–water partition coefficient (Wildman–Crippen LogP) is 1.14. The van der Waals surface area contributed by atoms with E-state index in [1.54, 1.807) is 54.7 Å². The van der Waals surface area contributed by atoms with Crippen LogP contribution in [0.1, 0.15) is 5.56 Å². The fourth-order valence-corrected chi connectivity index (χ4v) is 4.80. The Morgan fingerprint density at radius 3 is 2.38 bits per heavy atom. The minimum atomic E-state index is -3.51. The average molecular weight is 501 g/mol. The lowest BCUT2D eigenvalue weighted by atomic mass is 10.2. The third-order valence-corrected chi connectivity index (χ3v) is 7.26. The number of rotatable bonds is 6. The number of halogens is 2. The fraction of sp³-hybridized carbons (Fsp3) is 0.263. The van der Waals surface area contributed by atoms with Crippen LogP contribution in [-0.2, 0) is 14.8 Å². The summed E-state index contributed by atoms with van der Waals surface area (Å²) >= 11 is 9.13. The van der Waals surface area contributed by atoms with Gasteiger partial charge < -0.3 is 4.90 Å². The first-order valence-corrected chi connectivity index (χ1v) is 11.6. The molecule has 0 bridgehead atoms. The second kappa shape index (κ2) is 9.82. The van der Waals surface area contributed by atoms with Crippen LogP contribution in [0, 0.1) is 0 Å². The largest absolute Gasteiger partial charge is 0.325 e. The summed E-state index contributed by atoms with van der Waals surface area (Å²) in [5.41, 5.74) is 3.33. The van der Waals surface area contributed by atoms with Crippen LogP contribution in [0.4, 0.5) is 0 Å². The quantitative estimate of drug-likeness (QED) is 0.461. The van der Waals surface area contributed by atoms with E-state index in [2.05, 4.69) is 26.5 Å². The third-order valence-electron chi connectivity index (χ3n) is 4.56. The van der Waals surface area contributed by atoms with E-state index in [1.165, 1.54) is 4.31 Å². The lowest BCUT2D eigenvalue weighted by Gasteiger charge is -2.31. The molecule has 3 rings (SSSR count). The number of nitrogens with zero attached hydrogens (tertiary/aromatic N) is 2. The molecule has 1 heterocycles. The highest BCUT2D eigenvalue weighted by molar-refractivity contribution is 9.10. The first-order valence-electron chi connectivity index (χ1n) is 9.01. The van der Waals surface area contributed by atoms with Crippen molar-refractivity contribution in [2.24, 2.45) is 5.10 Å². The van der Waals surface area contributed by atoms with Crippen molar-refractivity contribution >= 4 is 49.7 Å². The Morgan fingerprint density at radius 1 is 1.14 bits per heavy atom. The Bertz CT molecular complexity index is 974. The summed E-state index contributed by atoms with van der Waals surface area (Å²) in [6, 6.07) is 13.7. The Kier molecular flexibility index (Phi) is 7.42. The van der Waals surface area contributed by atoms with Gasteiger partial charge in [0.15, 0.2) is 6.54 Å². The Balaban J connectivity index is 1.47. The predicted molar refractivity (Wildman–Crippen MR) is 116 cm³/mol. The lowest BCUT2D eigenvalue weighted by molar-refractivity contribution is -0.895. The number of hydrazone groups is 1. The third kappa shape index (κ3) is 6.10. The molecular weight excluding hydrogens is 480 g/mol. The van der Waals surface area contributed by atoms with Gasteiger partial charge in [-0.05, 0) is 42.0 Å². The number of quaternary nitrogens is 1. The van der Waals surface area contributed by atoms with Gasteiger partial charge >= 0.3 is 0 Å². The van der Waals surface area contributed by atoms with E-state index in [1.807, 2.05) is 0 Å². The molecule has 0 atom stereocenters. The van der Waals surface area contributed by atoms with Crippen molar-refractivity contribution in [3.63, 3.8) is 0 Å². The fourth-order valence-electron chi connectivity index (χ4n) is 2.97. The molecule has 1 aliphatic rings. The van der Waals surface area contributed by atoms with Gasteiger partial charge in [-0.3, -0.25) is 4.79 Å². The molecule has 7 nitrogen and oxygen atoms in total. The number of amides is 1. The maximum atomic E-state index is 12.7. The number of hydrogen-bond acceptors (Lipinski definition) is 4. The van der Waals surface area contributed by atoms with Gasteiger partial charge in [0.1, 0.15) is 0 Å². The van der Waals surface area contributed by atoms with Gasteiger partial charge in [-0.15, -0.1) is 0 Å². The molecule has 0 aromatic heterocycles. The van der Waals surface area contributed by atoms with E-state index in [4.69, 9.17) is 11.6 Å². The molecule has 0 radical (unpaired) electrons. The summed E-state index contributed by atoms with van der Waals surface area (Å²) < 4.78 is 27.7. The topological polar surface area (TPSA) is 83.3 Å². The Morgan fingerprint density at radius 2 is 1.76 bits per heavy atom. The second-order valence-electron chi connectivity index (χ2n) is 6.63. The molecule has 0 spiro atoms. The van der Waals surface area contributed by atoms with Gasteiger partial charge in [-0.1, -0.05) is 39.7 Å². The van der Waals surface area contributed by atoms with E-state index in [9.17, 15) is 13.2 Å². The van der Waals surface area contributed by atoms with Crippen LogP contribution in [0.2, 0.25) is 5.02 Å². The number of piperazine rings is 1. The number of carbonyl (C=O) groups excluding carboxylic acids is 1. The van der Waals surface area contributed by atoms with Gasteiger partial charge in [0.25, 0.3) is 5.91 Å². The minimum absolute atomic E-state index is 0.213. The SMILES string of the molecule is O=C(C[NH+]1CCN(S(=O)(=O)c2ccc(Br)cc2)CC1)NN=Cc1ccc(Cl)cc1. The van der Waals surface area contributed by atoms with Crippen molar-refractivity contribution in [1.29, 1.82) is 0 Å². The maximum Gasteiger partial charge on any atom is 0.295 e. The zero-order valence-corrected chi connectivity index (χ0v) is 18.7. The molecule has 1 fully saturated rings. The summed E-state index contributed by atoms with van der Waals surface area (Å²) in [5, 5.41) is 4.58. The first kappa shape index (κ1) is 21.9. The summed E-state index contributed by atoms with van der Waals surface area (Å²) in [6.45, 7) is 2.10. The monoisotopic (exact) mass is 499 g/mol. The van der Waals surface area contributed by atoms with Gasteiger partial charge in [-0.25, -0.2) is 13.8 Å². The normalized spacial score (nSPS) is 16.2. The van der Waals surface area contributed by atoms with Crippen LogP contribution in [0.15, 0.2) is 63.0 Å². The summed E-state index contributed by atoms with van der Waals surface area (Å²) in [6.07, 6.45) is 1.55. The van der Waals surface area contributed by atoms with E-state index in [0.29, 0.717) is 31.2 Å². The van der Waals surface area contributed by atoms with Crippen LogP contribution in [-0.4, -0.2) is 57.6 Å². The highest BCUT2D eigenvalue weighted by Crippen LogP contribution is 2.18. The van der Waals surface area contributed by atoms with Crippen molar-refractivity contribution < 1.29 is 18.1 Å². The molecule has 1 amide bonds. The first-order chi connectivity index (χ1) is 13.8. The maximum absolute atomic E-state index is 12.7. The van der Waals surface area contributed by atoms with E-state index >= 15 is 0 Å². The molecule has 10 heteroatoms. The molecule has 2 aromatic rings. The van der Waals surface area contributed by atoms with Crippen molar-refractivity contribution in [1.82, 2.24) is 9.73 Å². The summed E-state index contributed by atoms with van der Waals surface area (Å²) in [4.78, 5) is 13.4. The molecule has 1 aliphatic heterocycles. The van der Waals surface area contributed by atoms with Crippen LogP contribution >= 0.6 is 27.5 Å². The number of hydrogen-bond donors (Lipinski definition) is 2. The number of nitrogens with one attached hydrogen (secondary N) is 2. The smallest absolute Gasteiger partial charge is 0.295 e. The van der Waals surface area contributed by atoms with E-state index < -0.39 is 10.0 Å². The Hall–Kier alpha value is -1.78. The molecule has 0 saturated carbocycles. The van der Waals surface area contributed by atoms with E-state index in [-0.39, 0.29) is 17.3 Å². The van der Waals surface area contributed by atoms with Gasteiger partial charge in [0.05, 0.1) is 37.3 Å². The molecule has 0 unspecified atom stereocenters. The highest BCUT2D eigenvalue weighted by atomic mass is 79.9. The lowest BCUT2D eigenvalue weighted by Crippen LogP contribution is -3.15. The van der Waals surface area contributed by atoms with Gasteiger partial charge in [0.2, 0.25) is 10.0 Å². The van der Waals surface area contributed by atoms with Crippen molar-refractivity contribution in [3.05, 3.63) is 63.6 Å². The standard InChI is InChI=1S/C19H20BrClN4O3S/c20-16-3-7-18(8-4-16)29(27,28)25-11-9-24(10-12-25)14-19(26)23-22-13-15-1-5-17(21)6-2-15/h1-8,13H,9-12,14H2,(H,23,26)/p+1. The van der Waals surface area contributed by atoms with Crippen molar-refractivity contribution in [2.75, 3.05) is 32.7 Å². The average Bonchev–Trinajstić information content (AvgIpc) is 2.70. The number of sulfonamides is 1. The highest BCUT2D eigenvalue weighted by Gasteiger charge is 2.31. The molecular formula is C19H21BrClN4O3S+. The van der Waals surface area contributed by atoms with Crippen LogP contribution in [0.25, 0.3) is 0 Å². The molecule has 2 aromatic carbocycles. The zero-order valence-electron chi connectivity index (χ0n) is 15.5. The van der Waals surface area contributed by atoms with Crippen molar-refractivity contribution in [2.45, 2.75) is 4.90 Å². The zero-order chi connectivity index (χ0) is 20.9. The van der Waals surface area contributed by atoms with Crippen LogP contribution in [0.5, 0.6) is 0 Å². The minimum Gasteiger partial charge on any atom is -0.325 e. The molecule has 0 aliphatic carbocycles. The summed E-state index contributed by atoms with van der Waals surface area (Å²) in [5.74, 6) is -0.213. The number of carbonyl (C=O) groups is 1. The molecule has 2 N–H and O–H groups in total. The summed E-state index contributed by atoms with van der Waals surface area (Å²) in [7, 11) is -3.51. The van der Waals surface area contributed by atoms with Gasteiger partial charge in [-0.2, -0.15) is 9.41 Å². The number of benzene rings is 2. The Labute approximate surface area is 183 Å². The van der Waals surface area contributed by atoms with Crippen molar-refractivity contribution in [3.8, 4) is 0 Å². The second-order valence-corrected chi connectivity index (χ2v) is 9.92. The molecule has 1 saturated heterocycles. The van der Waals surface area contributed by atoms with Crippen LogP contribution in [0.3, 0.4) is 0 Å². The van der Waals surface area contributed by atoms with Gasteiger partial charge in [0, 0.05) is 9.50 Å². The van der Waals surface area contributed by atoms with Crippen LogP contribution < -0.4 is 10.3 Å². The molecule has 154 valence electrons. The van der Waals surface area contributed by atoms with E-state index in [0.717, 1.165) is 14.9 Å². The molecule has 29 heavy (non-hydrogen) atoms.